The highest BCUT2D eigenvalue weighted by atomic mass is 32.1. The van der Waals surface area contributed by atoms with Crippen LogP contribution in [0.5, 0.6) is 11.5 Å². The number of carbonyl (C=O) groups excluding carboxylic acids is 1. The zero-order valence-corrected chi connectivity index (χ0v) is 16.4. The van der Waals surface area contributed by atoms with Gasteiger partial charge in [0, 0.05) is 12.6 Å². The fourth-order valence-electron chi connectivity index (χ4n) is 2.56. The lowest BCUT2D eigenvalue weighted by atomic mass is 10.1. The minimum absolute atomic E-state index is 0.197. The Morgan fingerprint density at radius 3 is 2.59 bits per heavy atom. The Balaban J connectivity index is 1.47. The molecule has 0 radical (unpaired) electrons. The summed E-state index contributed by atoms with van der Waals surface area (Å²) in [6, 6.07) is 15.9. The van der Waals surface area contributed by atoms with Gasteiger partial charge in [-0.05, 0) is 59.3 Å². The van der Waals surface area contributed by atoms with E-state index in [1.54, 1.807) is 23.5 Å². The van der Waals surface area contributed by atoms with E-state index >= 15 is 0 Å². The molecule has 0 spiro atoms. The molecule has 1 heterocycles. The number of nitrogens with one attached hydrogen (secondary N) is 1. The van der Waals surface area contributed by atoms with E-state index in [2.05, 4.69) is 10.3 Å². The monoisotopic (exact) mass is 407 g/mol. The maximum absolute atomic E-state index is 11.9. The average molecular weight is 407 g/mol. The summed E-state index contributed by atoms with van der Waals surface area (Å²) >= 11 is 1.55. The summed E-state index contributed by atoms with van der Waals surface area (Å²) in [4.78, 5) is 17.3. The van der Waals surface area contributed by atoms with Gasteiger partial charge in [-0.15, -0.1) is 11.3 Å². The summed E-state index contributed by atoms with van der Waals surface area (Å²) in [6.07, 6.45) is 3.64. The van der Waals surface area contributed by atoms with Crippen LogP contribution < -0.4 is 11.1 Å². The molecule has 148 valence electrons. The van der Waals surface area contributed by atoms with E-state index in [1.165, 1.54) is 18.2 Å². The molecule has 0 atom stereocenters. The van der Waals surface area contributed by atoms with Crippen molar-refractivity contribution in [3.05, 3.63) is 82.1 Å². The zero-order chi connectivity index (χ0) is 20.6. The lowest BCUT2D eigenvalue weighted by Crippen LogP contribution is -2.23. The molecule has 0 bridgehead atoms. The minimum Gasteiger partial charge on any atom is -0.504 e. The number of phenols is 2. The highest BCUT2D eigenvalue weighted by Gasteiger charge is 2.02. The van der Waals surface area contributed by atoms with Gasteiger partial charge >= 0.3 is 0 Å². The van der Waals surface area contributed by atoms with E-state index in [0.29, 0.717) is 24.4 Å². The van der Waals surface area contributed by atoms with Gasteiger partial charge in [0.1, 0.15) is 5.84 Å². The Kier molecular flexibility index (Phi) is 6.65. The predicted octanol–water partition coefficient (Wildman–Crippen LogP) is 3.57. The number of hydrogen-bond acceptors (Lipinski definition) is 5. The van der Waals surface area contributed by atoms with Crippen LogP contribution in [0.3, 0.4) is 0 Å². The van der Waals surface area contributed by atoms with Gasteiger partial charge in [-0.25, -0.2) is 4.99 Å². The Hall–Kier alpha value is -3.58. The van der Waals surface area contributed by atoms with E-state index in [9.17, 15) is 15.0 Å². The van der Waals surface area contributed by atoms with Crippen molar-refractivity contribution in [3.8, 4) is 11.5 Å². The van der Waals surface area contributed by atoms with Crippen molar-refractivity contribution < 1.29 is 15.0 Å². The molecule has 0 saturated carbocycles. The molecule has 1 amide bonds. The first-order chi connectivity index (χ1) is 14.0. The lowest BCUT2D eigenvalue weighted by Gasteiger charge is -2.04. The largest absolute Gasteiger partial charge is 0.504 e. The van der Waals surface area contributed by atoms with E-state index in [4.69, 9.17) is 5.73 Å². The number of phenolic OH excluding ortho intramolecular Hbond substituents is 2. The van der Waals surface area contributed by atoms with E-state index in [-0.39, 0.29) is 17.4 Å². The molecule has 3 rings (SSSR count). The molecule has 1 aromatic heterocycles. The number of amidine groups is 1. The third-order valence-corrected chi connectivity index (χ3v) is 4.99. The molecule has 2 aromatic carbocycles. The van der Waals surface area contributed by atoms with Gasteiger partial charge in [-0.2, -0.15) is 0 Å². The van der Waals surface area contributed by atoms with Crippen LogP contribution in [0.2, 0.25) is 0 Å². The summed E-state index contributed by atoms with van der Waals surface area (Å²) < 4.78 is 0. The quantitative estimate of drug-likeness (QED) is 0.208. The lowest BCUT2D eigenvalue weighted by molar-refractivity contribution is -0.116. The first-order valence-electron chi connectivity index (χ1n) is 8.96. The van der Waals surface area contributed by atoms with Crippen LogP contribution in [0.1, 0.15) is 16.0 Å². The molecule has 0 saturated heterocycles. The number of carbonyl (C=O) groups is 1. The van der Waals surface area contributed by atoms with Gasteiger partial charge in [0.25, 0.3) is 0 Å². The van der Waals surface area contributed by atoms with Crippen molar-refractivity contribution in [2.24, 2.45) is 10.7 Å². The third-order valence-electron chi connectivity index (χ3n) is 4.10. The normalized spacial score (nSPS) is 11.7. The molecule has 29 heavy (non-hydrogen) atoms. The molecule has 7 heteroatoms. The van der Waals surface area contributed by atoms with E-state index in [0.717, 1.165) is 16.1 Å². The van der Waals surface area contributed by atoms with Crippen LogP contribution in [0.25, 0.3) is 6.08 Å². The maximum Gasteiger partial charge on any atom is 0.244 e. The molecule has 0 aliphatic carbocycles. The number of aromatic hydroxyl groups is 2. The van der Waals surface area contributed by atoms with Gasteiger partial charge in [-0.1, -0.05) is 24.3 Å². The third kappa shape index (κ3) is 5.95. The molecule has 0 aliphatic heterocycles. The average Bonchev–Trinajstić information content (AvgIpc) is 3.25. The van der Waals surface area contributed by atoms with Crippen LogP contribution in [-0.4, -0.2) is 28.5 Å². The van der Waals surface area contributed by atoms with E-state index in [1.807, 2.05) is 41.8 Å². The Labute approximate surface area is 172 Å². The molecule has 0 unspecified atom stereocenters. The maximum atomic E-state index is 11.9. The second-order valence-electron chi connectivity index (χ2n) is 6.26. The van der Waals surface area contributed by atoms with Crippen molar-refractivity contribution >= 4 is 34.8 Å². The Morgan fingerprint density at radius 1 is 1.10 bits per heavy atom. The molecular formula is C22H21N3O3S. The number of nitrogens with zero attached hydrogens (tertiary/aromatic N) is 1. The van der Waals surface area contributed by atoms with Crippen LogP contribution >= 0.6 is 11.3 Å². The van der Waals surface area contributed by atoms with Crippen molar-refractivity contribution in [1.82, 2.24) is 5.32 Å². The number of aliphatic imine (C=N–C) groups is 1. The SMILES string of the molecule is NC(=Nc1ccc(CCNC(=O)/C=C/c2ccc(O)c(O)c2)cc1)c1cccs1. The molecule has 6 nitrogen and oxygen atoms in total. The number of benzene rings is 2. The molecular weight excluding hydrogens is 386 g/mol. The summed E-state index contributed by atoms with van der Waals surface area (Å²) in [5, 5.41) is 23.5. The van der Waals surface area contributed by atoms with Crippen molar-refractivity contribution in [1.29, 1.82) is 0 Å². The predicted molar refractivity (Wildman–Crippen MR) is 117 cm³/mol. The summed E-state index contributed by atoms with van der Waals surface area (Å²) in [6.45, 7) is 0.490. The standard InChI is InChI=1S/C22H21N3O3S/c23-22(20-2-1-13-29-20)25-17-7-3-15(4-8-17)11-12-24-21(28)10-6-16-5-9-18(26)19(27)14-16/h1-10,13-14,26-27H,11-12H2,(H2,23,25)(H,24,28)/b10-6+. The highest BCUT2D eigenvalue weighted by molar-refractivity contribution is 7.12. The first kappa shape index (κ1) is 20.2. The van der Waals surface area contributed by atoms with Crippen LogP contribution in [-0.2, 0) is 11.2 Å². The summed E-state index contributed by atoms with van der Waals surface area (Å²) in [5.41, 5.74) is 8.46. The number of rotatable bonds is 7. The minimum atomic E-state index is -0.234. The van der Waals surface area contributed by atoms with E-state index < -0.39 is 0 Å². The first-order valence-corrected chi connectivity index (χ1v) is 9.84. The van der Waals surface area contributed by atoms with Gasteiger partial charge in [0.05, 0.1) is 10.6 Å². The number of thiophene rings is 1. The van der Waals surface area contributed by atoms with Crippen LogP contribution in [0.15, 0.2) is 71.0 Å². The fraction of sp³-hybridized carbons (Fsp3) is 0.0909. The smallest absolute Gasteiger partial charge is 0.244 e. The topological polar surface area (TPSA) is 108 Å². The van der Waals surface area contributed by atoms with Crippen molar-refractivity contribution in [2.75, 3.05) is 6.54 Å². The van der Waals surface area contributed by atoms with Gasteiger partial charge < -0.3 is 21.3 Å². The van der Waals surface area contributed by atoms with Gasteiger partial charge in [0.15, 0.2) is 11.5 Å². The number of amides is 1. The fourth-order valence-corrected chi connectivity index (χ4v) is 3.19. The number of nitrogens with two attached hydrogens (primary N) is 1. The van der Waals surface area contributed by atoms with Gasteiger partial charge in [-0.3, -0.25) is 4.79 Å². The van der Waals surface area contributed by atoms with Crippen molar-refractivity contribution in [2.45, 2.75) is 6.42 Å². The molecule has 3 aromatic rings. The Bertz CT molecular complexity index is 1030. The van der Waals surface area contributed by atoms with Gasteiger partial charge in [0.2, 0.25) is 5.91 Å². The summed E-state index contributed by atoms with van der Waals surface area (Å²) in [7, 11) is 0. The second kappa shape index (κ2) is 9.57. The number of hydrogen-bond donors (Lipinski definition) is 4. The van der Waals surface area contributed by atoms with Crippen LogP contribution in [0, 0.1) is 0 Å². The molecule has 0 fully saturated rings. The molecule has 0 aliphatic rings. The Morgan fingerprint density at radius 2 is 1.90 bits per heavy atom. The van der Waals surface area contributed by atoms with Crippen molar-refractivity contribution in [3.63, 3.8) is 0 Å². The highest BCUT2D eigenvalue weighted by Crippen LogP contribution is 2.25. The zero-order valence-electron chi connectivity index (χ0n) is 15.6. The second-order valence-corrected chi connectivity index (χ2v) is 7.21. The summed E-state index contributed by atoms with van der Waals surface area (Å²) in [5.74, 6) is -0.161. The molecule has 5 N–H and O–H groups in total. The van der Waals surface area contributed by atoms with Crippen LogP contribution in [0.4, 0.5) is 5.69 Å².